The zero-order chi connectivity index (χ0) is 11.3. The fourth-order valence-corrected chi connectivity index (χ4v) is 2.11. The predicted octanol–water partition coefficient (Wildman–Crippen LogP) is 4.93. The molecule has 0 nitrogen and oxygen atoms in total. The van der Waals surface area contributed by atoms with Gasteiger partial charge in [-0.3, -0.25) is 0 Å². The molecule has 0 radical (unpaired) electrons. The van der Waals surface area contributed by atoms with Gasteiger partial charge in [-0.1, -0.05) is 44.0 Å². The molecule has 15 heavy (non-hydrogen) atoms. The highest BCUT2D eigenvalue weighted by molar-refractivity contribution is 6.30. The van der Waals surface area contributed by atoms with E-state index in [1.165, 1.54) is 5.56 Å². The third kappa shape index (κ3) is 4.44. The van der Waals surface area contributed by atoms with Crippen molar-refractivity contribution in [1.29, 1.82) is 0 Å². The Morgan fingerprint density at radius 3 is 2.33 bits per heavy atom. The number of benzene rings is 1. The number of halogens is 2. The number of alkyl halides is 1. The molecule has 0 spiro atoms. The first kappa shape index (κ1) is 12.9. The van der Waals surface area contributed by atoms with Gasteiger partial charge < -0.3 is 0 Å². The van der Waals surface area contributed by atoms with Gasteiger partial charge in [-0.25, -0.2) is 0 Å². The summed E-state index contributed by atoms with van der Waals surface area (Å²) < 4.78 is 0. The zero-order valence-electron chi connectivity index (χ0n) is 9.34. The summed E-state index contributed by atoms with van der Waals surface area (Å²) in [6.07, 6.45) is 3.28. The van der Waals surface area contributed by atoms with Crippen LogP contribution in [0.3, 0.4) is 0 Å². The van der Waals surface area contributed by atoms with E-state index in [0.29, 0.717) is 5.92 Å². The number of hydrogen-bond acceptors (Lipinski definition) is 0. The van der Waals surface area contributed by atoms with Crippen molar-refractivity contribution in [2.24, 2.45) is 5.92 Å². The Labute approximate surface area is 103 Å². The van der Waals surface area contributed by atoms with Crippen molar-refractivity contribution in [1.82, 2.24) is 0 Å². The zero-order valence-corrected chi connectivity index (χ0v) is 10.9. The average Bonchev–Trinajstić information content (AvgIpc) is 2.22. The van der Waals surface area contributed by atoms with Crippen LogP contribution in [0.4, 0.5) is 0 Å². The van der Waals surface area contributed by atoms with E-state index in [2.05, 4.69) is 26.0 Å². The summed E-state index contributed by atoms with van der Waals surface area (Å²) in [5, 5.41) is 1.08. The Kier molecular flexibility index (Phi) is 5.49. The van der Waals surface area contributed by atoms with Crippen LogP contribution in [-0.2, 0) is 6.42 Å². The minimum atomic E-state index is 0.283. The molecule has 0 bridgehead atoms. The van der Waals surface area contributed by atoms with Crippen molar-refractivity contribution in [3.8, 4) is 0 Å². The van der Waals surface area contributed by atoms with E-state index in [4.69, 9.17) is 23.2 Å². The maximum absolute atomic E-state index is 6.29. The average molecular weight is 245 g/mol. The van der Waals surface area contributed by atoms with E-state index in [-0.39, 0.29) is 5.38 Å². The summed E-state index contributed by atoms with van der Waals surface area (Å²) in [6, 6.07) is 8.03. The normalized spacial score (nSPS) is 14.9. The van der Waals surface area contributed by atoms with Gasteiger partial charge in [-0.05, 0) is 36.5 Å². The second kappa shape index (κ2) is 6.40. The standard InChI is InChI=1S/C13H18Cl2/c1-3-4-13(15)10(2)9-11-5-7-12(14)8-6-11/h5-8,10,13H,3-4,9H2,1-2H3. The molecular weight excluding hydrogens is 227 g/mol. The lowest BCUT2D eigenvalue weighted by Gasteiger charge is -2.17. The summed E-state index contributed by atoms with van der Waals surface area (Å²) in [6.45, 7) is 4.38. The van der Waals surface area contributed by atoms with Crippen LogP contribution in [0.15, 0.2) is 24.3 Å². The van der Waals surface area contributed by atoms with Gasteiger partial charge in [0, 0.05) is 10.4 Å². The molecule has 1 aromatic carbocycles. The first-order valence-electron chi connectivity index (χ1n) is 5.52. The third-order valence-electron chi connectivity index (χ3n) is 2.65. The molecule has 0 saturated heterocycles. The Balaban J connectivity index is 2.50. The maximum atomic E-state index is 6.29. The van der Waals surface area contributed by atoms with Gasteiger partial charge in [0.25, 0.3) is 0 Å². The second-order valence-corrected chi connectivity index (χ2v) is 5.11. The fourth-order valence-electron chi connectivity index (χ4n) is 1.68. The highest BCUT2D eigenvalue weighted by Gasteiger charge is 2.13. The Morgan fingerprint density at radius 2 is 1.80 bits per heavy atom. The van der Waals surface area contributed by atoms with Gasteiger partial charge in [-0.2, -0.15) is 0 Å². The van der Waals surface area contributed by atoms with Crippen LogP contribution in [0.1, 0.15) is 32.3 Å². The molecule has 2 unspecified atom stereocenters. The summed E-state index contributed by atoms with van der Waals surface area (Å²) in [5.41, 5.74) is 1.31. The molecule has 0 aromatic heterocycles. The second-order valence-electron chi connectivity index (χ2n) is 4.11. The smallest absolute Gasteiger partial charge is 0.0406 e. The Hall–Kier alpha value is -0.200. The highest BCUT2D eigenvalue weighted by atomic mass is 35.5. The van der Waals surface area contributed by atoms with E-state index in [9.17, 15) is 0 Å². The Morgan fingerprint density at radius 1 is 1.20 bits per heavy atom. The molecule has 2 atom stereocenters. The SMILES string of the molecule is CCCC(Cl)C(C)Cc1ccc(Cl)cc1. The van der Waals surface area contributed by atoms with Crippen LogP contribution >= 0.6 is 23.2 Å². The molecule has 2 heteroatoms. The van der Waals surface area contributed by atoms with E-state index < -0.39 is 0 Å². The van der Waals surface area contributed by atoms with Crippen molar-refractivity contribution in [3.63, 3.8) is 0 Å². The van der Waals surface area contributed by atoms with E-state index in [1.54, 1.807) is 0 Å². The van der Waals surface area contributed by atoms with Gasteiger partial charge in [0.15, 0.2) is 0 Å². The Bertz CT molecular complexity index is 279. The summed E-state index contributed by atoms with van der Waals surface area (Å²) in [7, 11) is 0. The van der Waals surface area contributed by atoms with Crippen LogP contribution in [0.25, 0.3) is 0 Å². The first-order valence-corrected chi connectivity index (χ1v) is 6.33. The van der Waals surface area contributed by atoms with Crippen molar-refractivity contribution < 1.29 is 0 Å². The molecule has 1 rings (SSSR count). The monoisotopic (exact) mass is 244 g/mol. The van der Waals surface area contributed by atoms with Crippen molar-refractivity contribution in [2.45, 2.75) is 38.5 Å². The van der Waals surface area contributed by atoms with Crippen molar-refractivity contribution in [3.05, 3.63) is 34.9 Å². The highest BCUT2D eigenvalue weighted by Crippen LogP contribution is 2.21. The topological polar surface area (TPSA) is 0 Å². The van der Waals surface area contributed by atoms with Crippen LogP contribution < -0.4 is 0 Å². The van der Waals surface area contributed by atoms with Gasteiger partial charge in [0.1, 0.15) is 0 Å². The fraction of sp³-hybridized carbons (Fsp3) is 0.538. The molecule has 0 aliphatic carbocycles. The summed E-state index contributed by atoms with van der Waals surface area (Å²) >= 11 is 12.1. The quantitative estimate of drug-likeness (QED) is 0.645. The predicted molar refractivity (Wildman–Crippen MR) is 68.9 cm³/mol. The largest absolute Gasteiger partial charge is 0.123 e. The lowest BCUT2D eigenvalue weighted by Crippen LogP contribution is -2.13. The van der Waals surface area contributed by atoms with Crippen LogP contribution in [0, 0.1) is 5.92 Å². The third-order valence-corrected chi connectivity index (χ3v) is 3.55. The van der Waals surface area contributed by atoms with Gasteiger partial charge in [0.05, 0.1) is 0 Å². The van der Waals surface area contributed by atoms with Crippen LogP contribution in [-0.4, -0.2) is 5.38 Å². The lowest BCUT2D eigenvalue weighted by atomic mass is 9.95. The molecule has 0 fully saturated rings. The van der Waals surface area contributed by atoms with Gasteiger partial charge >= 0.3 is 0 Å². The maximum Gasteiger partial charge on any atom is 0.0406 e. The molecule has 0 heterocycles. The van der Waals surface area contributed by atoms with E-state index >= 15 is 0 Å². The number of rotatable bonds is 5. The molecule has 1 aromatic rings. The molecule has 0 amide bonds. The molecule has 0 saturated carbocycles. The first-order chi connectivity index (χ1) is 7.13. The molecule has 84 valence electrons. The van der Waals surface area contributed by atoms with E-state index in [0.717, 1.165) is 24.3 Å². The minimum Gasteiger partial charge on any atom is -0.123 e. The van der Waals surface area contributed by atoms with Gasteiger partial charge in [-0.15, -0.1) is 11.6 Å². The summed E-state index contributed by atoms with van der Waals surface area (Å²) in [5.74, 6) is 0.521. The van der Waals surface area contributed by atoms with E-state index in [1.807, 2.05) is 12.1 Å². The summed E-state index contributed by atoms with van der Waals surface area (Å²) in [4.78, 5) is 0. The molecule has 0 N–H and O–H groups in total. The molecular formula is C13H18Cl2. The lowest BCUT2D eigenvalue weighted by molar-refractivity contribution is 0.512. The van der Waals surface area contributed by atoms with Crippen molar-refractivity contribution in [2.75, 3.05) is 0 Å². The number of hydrogen-bond donors (Lipinski definition) is 0. The van der Waals surface area contributed by atoms with Gasteiger partial charge in [0.2, 0.25) is 0 Å². The van der Waals surface area contributed by atoms with Crippen molar-refractivity contribution >= 4 is 23.2 Å². The van der Waals surface area contributed by atoms with Crippen LogP contribution in [0.2, 0.25) is 5.02 Å². The molecule has 0 aliphatic rings. The minimum absolute atomic E-state index is 0.283. The molecule has 0 aliphatic heterocycles. The van der Waals surface area contributed by atoms with Crippen LogP contribution in [0.5, 0.6) is 0 Å².